The maximum atomic E-state index is 12.5. The normalized spacial score (nSPS) is 35.1. The Hall–Kier alpha value is -1.14. The van der Waals surface area contributed by atoms with E-state index in [1.54, 1.807) is 0 Å². The molecule has 2 aliphatic carbocycles. The van der Waals surface area contributed by atoms with Crippen LogP contribution in [0, 0.1) is 11.8 Å². The summed E-state index contributed by atoms with van der Waals surface area (Å²) in [6.07, 6.45) is 10.0. The fraction of sp³-hybridized carbons (Fsp3) is 0.917. The van der Waals surface area contributed by atoms with Crippen LogP contribution >= 0.6 is 0 Å². The van der Waals surface area contributed by atoms with E-state index in [9.17, 15) is 9.59 Å². The van der Waals surface area contributed by atoms with Crippen molar-refractivity contribution in [2.45, 2.75) is 128 Å². The van der Waals surface area contributed by atoms with E-state index in [2.05, 4.69) is 0 Å². The van der Waals surface area contributed by atoms with E-state index in [1.807, 2.05) is 27.7 Å². The Morgan fingerprint density at radius 3 is 2.17 bits per heavy atom. The minimum atomic E-state index is -0.510. The van der Waals surface area contributed by atoms with E-state index in [4.69, 9.17) is 18.9 Å². The number of fused-ring (bicyclic) bond motifs is 2. The second kappa shape index (κ2) is 8.42. The third-order valence-electron chi connectivity index (χ3n) is 7.49. The zero-order valence-electron chi connectivity index (χ0n) is 19.0. The highest BCUT2D eigenvalue weighted by atomic mass is 16.6. The highest BCUT2D eigenvalue weighted by molar-refractivity contribution is 5.73. The molecule has 2 aliphatic heterocycles. The van der Waals surface area contributed by atoms with E-state index < -0.39 is 11.2 Å². The van der Waals surface area contributed by atoms with Gasteiger partial charge in [0.15, 0.2) is 0 Å². The molecule has 4 rings (SSSR count). The van der Waals surface area contributed by atoms with Crippen molar-refractivity contribution in [2.24, 2.45) is 11.8 Å². The zero-order valence-corrected chi connectivity index (χ0v) is 19.0. The quantitative estimate of drug-likeness (QED) is 0.313. The van der Waals surface area contributed by atoms with Crippen LogP contribution < -0.4 is 0 Å². The van der Waals surface area contributed by atoms with Gasteiger partial charge in [0.1, 0.15) is 11.2 Å². The smallest absolute Gasteiger partial charge is 0.309 e. The van der Waals surface area contributed by atoms with Crippen LogP contribution in [0.3, 0.4) is 0 Å². The molecular weight excluding hydrogens is 384 g/mol. The Morgan fingerprint density at radius 2 is 1.50 bits per heavy atom. The maximum Gasteiger partial charge on any atom is 0.309 e. The molecule has 0 amide bonds. The average molecular weight is 423 g/mol. The summed E-state index contributed by atoms with van der Waals surface area (Å²) in [7, 11) is 0. The summed E-state index contributed by atoms with van der Waals surface area (Å²) in [5.41, 5.74) is -0.947. The molecule has 2 saturated carbocycles. The highest BCUT2D eigenvalue weighted by Crippen LogP contribution is 2.44. The lowest BCUT2D eigenvalue weighted by molar-refractivity contribution is -0.165. The van der Waals surface area contributed by atoms with E-state index in [0.29, 0.717) is 30.7 Å². The molecule has 0 aromatic heterocycles. The molecule has 6 nitrogen and oxygen atoms in total. The fourth-order valence-electron chi connectivity index (χ4n) is 5.31. The van der Waals surface area contributed by atoms with Crippen molar-refractivity contribution in [3.05, 3.63) is 0 Å². The molecule has 170 valence electrons. The topological polar surface area (TPSA) is 77.7 Å². The van der Waals surface area contributed by atoms with Crippen LogP contribution in [-0.4, -0.2) is 47.6 Å². The summed E-state index contributed by atoms with van der Waals surface area (Å²) in [6, 6.07) is 0. The van der Waals surface area contributed by atoms with Crippen molar-refractivity contribution in [3.8, 4) is 0 Å². The molecule has 2 heterocycles. The van der Waals surface area contributed by atoms with Crippen molar-refractivity contribution < 1.29 is 28.5 Å². The third-order valence-corrected chi connectivity index (χ3v) is 7.49. The number of carbonyl (C=O) groups is 2. The molecule has 6 unspecified atom stereocenters. The Labute approximate surface area is 180 Å². The monoisotopic (exact) mass is 422 g/mol. The second-order valence-electron chi connectivity index (χ2n) is 10.9. The van der Waals surface area contributed by atoms with Gasteiger partial charge in [-0.3, -0.25) is 9.59 Å². The molecule has 4 aliphatic rings. The largest absolute Gasteiger partial charge is 0.459 e. The van der Waals surface area contributed by atoms with Gasteiger partial charge in [-0.05, 0) is 85.5 Å². The Morgan fingerprint density at radius 1 is 0.833 bits per heavy atom. The SMILES string of the molecule is CC(C)(CCCCC(=O)OC(C)(C)C1CCC2OC2C1)OC(=O)C1CCC2OC2C1. The van der Waals surface area contributed by atoms with Crippen LogP contribution in [0.25, 0.3) is 0 Å². The lowest BCUT2D eigenvalue weighted by atomic mass is 9.79. The van der Waals surface area contributed by atoms with E-state index in [-0.39, 0.29) is 24.0 Å². The van der Waals surface area contributed by atoms with Crippen LogP contribution in [0.2, 0.25) is 0 Å². The van der Waals surface area contributed by atoms with Gasteiger partial charge in [0.05, 0.1) is 30.3 Å². The van der Waals surface area contributed by atoms with Crippen LogP contribution in [0.1, 0.15) is 91.9 Å². The summed E-state index contributed by atoms with van der Waals surface area (Å²) in [4.78, 5) is 24.9. The number of carbonyl (C=O) groups excluding carboxylic acids is 2. The second-order valence-corrected chi connectivity index (χ2v) is 10.9. The summed E-state index contributed by atoms with van der Waals surface area (Å²) in [5, 5.41) is 0. The standard InChI is InChI=1S/C24H38O6/c1-23(2,30-22(26)15-8-10-17-19(13-15)27-17)12-6-5-7-21(25)29-24(3,4)16-9-11-18-20(14-16)28-18/h15-20H,5-14H2,1-4H3. The van der Waals surface area contributed by atoms with Gasteiger partial charge < -0.3 is 18.9 Å². The predicted octanol–water partition coefficient (Wildman–Crippen LogP) is 4.33. The molecule has 6 heteroatoms. The number of esters is 2. The van der Waals surface area contributed by atoms with Crippen LogP contribution in [0.15, 0.2) is 0 Å². The van der Waals surface area contributed by atoms with Gasteiger partial charge in [-0.25, -0.2) is 0 Å². The van der Waals surface area contributed by atoms with Gasteiger partial charge in [0, 0.05) is 12.3 Å². The summed E-state index contributed by atoms with van der Waals surface area (Å²) < 4.78 is 22.8. The molecule has 0 aromatic rings. The predicted molar refractivity (Wildman–Crippen MR) is 111 cm³/mol. The first kappa shape index (κ1) is 22.1. The minimum Gasteiger partial charge on any atom is -0.459 e. The number of ether oxygens (including phenoxy) is 4. The molecule has 30 heavy (non-hydrogen) atoms. The molecule has 0 aromatic carbocycles. The minimum absolute atomic E-state index is 0.0265. The van der Waals surface area contributed by atoms with Gasteiger partial charge in [-0.2, -0.15) is 0 Å². The maximum absolute atomic E-state index is 12.5. The van der Waals surface area contributed by atoms with Gasteiger partial charge >= 0.3 is 11.9 Å². The fourth-order valence-corrected chi connectivity index (χ4v) is 5.31. The number of hydrogen-bond donors (Lipinski definition) is 0. The lowest BCUT2D eigenvalue weighted by Crippen LogP contribution is -2.39. The highest BCUT2D eigenvalue weighted by Gasteiger charge is 2.49. The Bertz CT molecular complexity index is 656. The van der Waals surface area contributed by atoms with E-state index >= 15 is 0 Å². The van der Waals surface area contributed by atoms with Gasteiger partial charge in [0.25, 0.3) is 0 Å². The third kappa shape index (κ3) is 5.56. The van der Waals surface area contributed by atoms with Crippen molar-refractivity contribution >= 4 is 11.9 Å². The van der Waals surface area contributed by atoms with E-state index in [0.717, 1.165) is 57.8 Å². The molecular formula is C24H38O6. The summed E-state index contributed by atoms with van der Waals surface area (Å²) in [5.74, 6) is 0.125. The van der Waals surface area contributed by atoms with Crippen molar-refractivity contribution in [3.63, 3.8) is 0 Å². The molecule has 4 fully saturated rings. The number of unbranched alkanes of at least 4 members (excludes halogenated alkanes) is 1. The molecule has 0 radical (unpaired) electrons. The van der Waals surface area contributed by atoms with Gasteiger partial charge in [0.2, 0.25) is 0 Å². The first-order valence-electron chi connectivity index (χ1n) is 11.9. The number of rotatable bonds is 9. The zero-order chi connectivity index (χ0) is 21.5. The van der Waals surface area contributed by atoms with Crippen molar-refractivity contribution in [1.82, 2.24) is 0 Å². The Balaban J connectivity index is 1.12. The molecule has 2 saturated heterocycles. The van der Waals surface area contributed by atoms with Gasteiger partial charge in [-0.1, -0.05) is 0 Å². The molecule has 6 atom stereocenters. The summed E-state index contributed by atoms with van der Waals surface area (Å²) >= 11 is 0. The lowest BCUT2D eigenvalue weighted by Gasteiger charge is -2.35. The molecule has 0 N–H and O–H groups in total. The van der Waals surface area contributed by atoms with Crippen LogP contribution in [0.5, 0.6) is 0 Å². The average Bonchev–Trinajstić information content (AvgIpc) is 3.57. The molecule has 0 spiro atoms. The first-order chi connectivity index (χ1) is 14.1. The molecule has 0 bridgehead atoms. The van der Waals surface area contributed by atoms with Crippen LogP contribution in [0.4, 0.5) is 0 Å². The van der Waals surface area contributed by atoms with Crippen LogP contribution in [-0.2, 0) is 28.5 Å². The summed E-state index contributed by atoms with van der Waals surface area (Å²) in [6.45, 7) is 7.98. The van der Waals surface area contributed by atoms with Crippen molar-refractivity contribution in [2.75, 3.05) is 0 Å². The van der Waals surface area contributed by atoms with Gasteiger partial charge in [-0.15, -0.1) is 0 Å². The Kier molecular flexibility index (Phi) is 6.19. The number of hydrogen-bond acceptors (Lipinski definition) is 6. The first-order valence-corrected chi connectivity index (χ1v) is 11.9. The number of epoxide rings is 2. The van der Waals surface area contributed by atoms with E-state index in [1.165, 1.54) is 0 Å². The van der Waals surface area contributed by atoms with Crippen molar-refractivity contribution in [1.29, 1.82) is 0 Å².